The highest BCUT2D eigenvalue weighted by molar-refractivity contribution is 5.72. The Morgan fingerprint density at radius 2 is 2.20 bits per heavy atom. The molecular formula is C11H18N2O2. The average molecular weight is 210 g/mol. The van der Waals surface area contributed by atoms with E-state index in [0.717, 1.165) is 11.4 Å². The highest BCUT2D eigenvalue weighted by Crippen LogP contribution is 2.14. The summed E-state index contributed by atoms with van der Waals surface area (Å²) >= 11 is 0. The van der Waals surface area contributed by atoms with Crippen molar-refractivity contribution in [3.63, 3.8) is 0 Å². The van der Waals surface area contributed by atoms with Crippen molar-refractivity contribution in [3.8, 4) is 0 Å². The molecule has 4 nitrogen and oxygen atoms in total. The quantitative estimate of drug-likeness (QED) is 0.772. The molecule has 0 bridgehead atoms. The van der Waals surface area contributed by atoms with Crippen LogP contribution in [0.25, 0.3) is 0 Å². The number of aromatic nitrogens is 2. The fourth-order valence-corrected chi connectivity index (χ4v) is 1.39. The third kappa shape index (κ3) is 3.08. The minimum atomic E-state index is -0.185. The molecule has 0 aliphatic heterocycles. The van der Waals surface area contributed by atoms with Gasteiger partial charge in [0.1, 0.15) is 0 Å². The largest absolute Gasteiger partial charge is 0.469 e. The number of carbonyl (C=O) groups is 1. The lowest BCUT2D eigenvalue weighted by molar-refractivity contribution is -0.144. The van der Waals surface area contributed by atoms with Crippen LogP contribution in [0.4, 0.5) is 0 Å². The number of hydrogen-bond donors (Lipinski definition) is 1. The van der Waals surface area contributed by atoms with Crippen LogP contribution in [0.1, 0.15) is 38.1 Å². The van der Waals surface area contributed by atoms with Crippen molar-refractivity contribution >= 4 is 5.97 Å². The average Bonchev–Trinajstić information content (AvgIpc) is 2.65. The molecule has 0 saturated carbocycles. The van der Waals surface area contributed by atoms with E-state index in [4.69, 9.17) is 0 Å². The summed E-state index contributed by atoms with van der Waals surface area (Å²) in [6, 6.07) is 2.00. The zero-order valence-corrected chi connectivity index (χ0v) is 9.70. The maximum Gasteiger partial charge on any atom is 0.308 e. The van der Waals surface area contributed by atoms with E-state index in [-0.39, 0.29) is 11.9 Å². The first-order valence-corrected chi connectivity index (χ1v) is 5.16. The molecule has 1 atom stereocenters. The number of esters is 1. The van der Waals surface area contributed by atoms with Crippen molar-refractivity contribution in [1.29, 1.82) is 0 Å². The number of aromatic amines is 1. The molecule has 0 spiro atoms. The van der Waals surface area contributed by atoms with Gasteiger partial charge in [-0.2, -0.15) is 5.10 Å². The van der Waals surface area contributed by atoms with Gasteiger partial charge in [-0.15, -0.1) is 0 Å². The van der Waals surface area contributed by atoms with E-state index in [2.05, 4.69) is 28.8 Å². The van der Waals surface area contributed by atoms with Crippen LogP contribution in [0.3, 0.4) is 0 Å². The van der Waals surface area contributed by atoms with E-state index in [1.807, 2.05) is 13.0 Å². The Morgan fingerprint density at radius 3 is 2.67 bits per heavy atom. The Hall–Kier alpha value is -1.32. The molecule has 0 radical (unpaired) electrons. The van der Waals surface area contributed by atoms with Crippen molar-refractivity contribution < 1.29 is 9.53 Å². The molecule has 0 aromatic carbocycles. The van der Waals surface area contributed by atoms with Gasteiger partial charge in [0.25, 0.3) is 0 Å². The van der Waals surface area contributed by atoms with Gasteiger partial charge in [0, 0.05) is 12.1 Å². The standard InChI is InChI=1S/C11H18N2O2/c1-7(2)10-6-9(12-13-10)5-8(3)11(14)15-4/h6-8H,5H2,1-4H3,(H,12,13)/t8-/m0/s1. The van der Waals surface area contributed by atoms with Crippen LogP contribution in [0.5, 0.6) is 0 Å². The molecule has 15 heavy (non-hydrogen) atoms. The van der Waals surface area contributed by atoms with Gasteiger partial charge < -0.3 is 4.74 Å². The van der Waals surface area contributed by atoms with Crippen molar-refractivity contribution in [2.75, 3.05) is 7.11 Å². The summed E-state index contributed by atoms with van der Waals surface area (Å²) < 4.78 is 4.67. The molecule has 1 heterocycles. The summed E-state index contributed by atoms with van der Waals surface area (Å²) in [4.78, 5) is 11.2. The van der Waals surface area contributed by atoms with E-state index in [1.54, 1.807) is 0 Å². The predicted octanol–water partition coefficient (Wildman–Crippen LogP) is 1.88. The van der Waals surface area contributed by atoms with Gasteiger partial charge in [-0.05, 0) is 12.0 Å². The number of nitrogens with one attached hydrogen (secondary N) is 1. The molecule has 0 aliphatic carbocycles. The number of H-pyrrole nitrogens is 1. The number of ether oxygens (including phenoxy) is 1. The molecule has 1 rings (SSSR count). The first-order valence-electron chi connectivity index (χ1n) is 5.16. The van der Waals surface area contributed by atoms with Crippen LogP contribution in [0.15, 0.2) is 6.07 Å². The number of rotatable bonds is 4. The van der Waals surface area contributed by atoms with Crippen LogP contribution in [-0.2, 0) is 16.0 Å². The topological polar surface area (TPSA) is 55.0 Å². The molecule has 84 valence electrons. The highest BCUT2D eigenvalue weighted by atomic mass is 16.5. The van der Waals surface area contributed by atoms with Gasteiger partial charge in [-0.25, -0.2) is 0 Å². The SMILES string of the molecule is COC(=O)[C@@H](C)Cc1cc(C(C)C)n[nH]1. The second kappa shape index (κ2) is 4.96. The third-order valence-electron chi connectivity index (χ3n) is 2.37. The molecule has 0 fully saturated rings. The summed E-state index contributed by atoms with van der Waals surface area (Å²) in [5, 5.41) is 7.12. The van der Waals surface area contributed by atoms with Gasteiger partial charge in [-0.3, -0.25) is 9.89 Å². The maximum atomic E-state index is 11.2. The van der Waals surface area contributed by atoms with Crippen LogP contribution in [0, 0.1) is 5.92 Å². The third-order valence-corrected chi connectivity index (χ3v) is 2.37. The number of methoxy groups -OCH3 is 1. The fraction of sp³-hybridized carbons (Fsp3) is 0.636. The monoisotopic (exact) mass is 210 g/mol. The second-order valence-corrected chi connectivity index (χ2v) is 4.10. The molecule has 0 aliphatic rings. The van der Waals surface area contributed by atoms with Crippen LogP contribution < -0.4 is 0 Å². The zero-order chi connectivity index (χ0) is 11.4. The summed E-state index contributed by atoms with van der Waals surface area (Å²) in [6.07, 6.45) is 0.645. The van der Waals surface area contributed by atoms with Crippen molar-refractivity contribution in [2.45, 2.75) is 33.1 Å². The molecule has 0 unspecified atom stereocenters. The van der Waals surface area contributed by atoms with Gasteiger partial charge in [0.2, 0.25) is 0 Å². The maximum absolute atomic E-state index is 11.2. The predicted molar refractivity (Wildman–Crippen MR) is 57.6 cm³/mol. The molecule has 0 saturated heterocycles. The Bertz CT molecular complexity index is 331. The zero-order valence-electron chi connectivity index (χ0n) is 9.70. The first kappa shape index (κ1) is 11.8. The normalized spacial score (nSPS) is 12.9. The van der Waals surface area contributed by atoms with Crippen LogP contribution in [-0.4, -0.2) is 23.3 Å². The fourth-order valence-electron chi connectivity index (χ4n) is 1.39. The number of hydrogen-bond acceptors (Lipinski definition) is 3. The molecule has 4 heteroatoms. The minimum Gasteiger partial charge on any atom is -0.469 e. The lowest BCUT2D eigenvalue weighted by atomic mass is 10.0. The summed E-state index contributed by atoms with van der Waals surface area (Å²) in [5.74, 6) is 0.0922. The Morgan fingerprint density at radius 1 is 1.53 bits per heavy atom. The van der Waals surface area contributed by atoms with E-state index in [0.29, 0.717) is 12.3 Å². The Balaban J connectivity index is 2.61. The minimum absolute atomic E-state index is 0.129. The van der Waals surface area contributed by atoms with Gasteiger partial charge >= 0.3 is 5.97 Å². The van der Waals surface area contributed by atoms with Crippen LogP contribution in [0.2, 0.25) is 0 Å². The van der Waals surface area contributed by atoms with E-state index >= 15 is 0 Å². The van der Waals surface area contributed by atoms with Gasteiger partial charge in [0.15, 0.2) is 0 Å². The Kier molecular flexibility index (Phi) is 3.88. The van der Waals surface area contributed by atoms with E-state index in [1.165, 1.54) is 7.11 Å². The summed E-state index contributed by atoms with van der Waals surface area (Å²) in [7, 11) is 1.41. The van der Waals surface area contributed by atoms with Crippen molar-refractivity contribution in [2.24, 2.45) is 5.92 Å². The summed E-state index contributed by atoms with van der Waals surface area (Å²) in [5.41, 5.74) is 2.01. The second-order valence-electron chi connectivity index (χ2n) is 4.10. The lowest BCUT2D eigenvalue weighted by Gasteiger charge is -2.06. The van der Waals surface area contributed by atoms with Crippen LogP contribution >= 0.6 is 0 Å². The summed E-state index contributed by atoms with van der Waals surface area (Å²) in [6.45, 7) is 6.02. The molecule has 1 N–H and O–H groups in total. The number of nitrogens with zero attached hydrogens (tertiary/aromatic N) is 1. The smallest absolute Gasteiger partial charge is 0.308 e. The van der Waals surface area contributed by atoms with Gasteiger partial charge in [0.05, 0.1) is 18.7 Å². The number of carbonyl (C=O) groups excluding carboxylic acids is 1. The van der Waals surface area contributed by atoms with E-state index < -0.39 is 0 Å². The Labute approximate surface area is 90.0 Å². The lowest BCUT2D eigenvalue weighted by Crippen LogP contribution is -2.15. The molecule has 1 aromatic rings. The van der Waals surface area contributed by atoms with E-state index in [9.17, 15) is 4.79 Å². The molecule has 1 aromatic heterocycles. The van der Waals surface area contributed by atoms with Gasteiger partial charge in [-0.1, -0.05) is 20.8 Å². The highest BCUT2D eigenvalue weighted by Gasteiger charge is 2.15. The molecular weight excluding hydrogens is 192 g/mol. The first-order chi connectivity index (χ1) is 7.04. The van der Waals surface area contributed by atoms with Crippen molar-refractivity contribution in [1.82, 2.24) is 10.2 Å². The molecule has 0 amide bonds. The van der Waals surface area contributed by atoms with Crippen molar-refractivity contribution in [3.05, 3.63) is 17.5 Å².